The summed E-state index contributed by atoms with van der Waals surface area (Å²) in [6.07, 6.45) is 1.69. The van der Waals surface area contributed by atoms with Crippen LogP contribution in [0.1, 0.15) is 32.3 Å². The van der Waals surface area contributed by atoms with Crippen molar-refractivity contribution in [1.29, 1.82) is 0 Å². The Labute approximate surface area is 97.3 Å². The molecule has 0 aliphatic carbocycles. The SMILES string of the molecule is Cc1ccc(N2CCCC(=O)C2(C)C)cc1. The average Bonchev–Trinajstić information content (AvgIpc) is 2.24. The van der Waals surface area contributed by atoms with Gasteiger partial charge in [0, 0.05) is 18.7 Å². The van der Waals surface area contributed by atoms with Crippen LogP contribution in [0.2, 0.25) is 0 Å². The molecule has 0 radical (unpaired) electrons. The van der Waals surface area contributed by atoms with E-state index in [-0.39, 0.29) is 5.54 Å². The second-order valence-corrected chi connectivity index (χ2v) is 5.07. The standard InChI is InChI=1S/C14H19NO/c1-11-6-8-12(9-7-11)15-10-4-5-13(16)14(15,2)3/h6-9H,4-5,10H2,1-3H3. The molecular weight excluding hydrogens is 198 g/mol. The molecule has 86 valence electrons. The van der Waals surface area contributed by atoms with Gasteiger partial charge < -0.3 is 4.90 Å². The second kappa shape index (κ2) is 3.93. The molecule has 0 spiro atoms. The molecule has 1 fully saturated rings. The van der Waals surface area contributed by atoms with Gasteiger partial charge in [-0.1, -0.05) is 17.7 Å². The van der Waals surface area contributed by atoms with E-state index in [4.69, 9.17) is 0 Å². The summed E-state index contributed by atoms with van der Waals surface area (Å²) in [6, 6.07) is 8.42. The minimum Gasteiger partial charge on any atom is -0.359 e. The number of carbonyl (C=O) groups excluding carboxylic acids is 1. The predicted octanol–water partition coefficient (Wildman–Crippen LogP) is 2.94. The number of nitrogens with zero attached hydrogens (tertiary/aromatic N) is 1. The first-order chi connectivity index (χ1) is 7.51. The Bertz CT molecular complexity index is 392. The maximum Gasteiger partial charge on any atom is 0.157 e. The summed E-state index contributed by atoms with van der Waals surface area (Å²) in [5.74, 6) is 0.347. The normalized spacial score (nSPS) is 19.9. The van der Waals surface area contributed by atoms with Crippen LogP contribution in [0.3, 0.4) is 0 Å². The van der Waals surface area contributed by atoms with Crippen LogP contribution in [0.5, 0.6) is 0 Å². The van der Waals surface area contributed by atoms with Crippen LogP contribution in [0.4, 0.5) is 5.69 Å². The van der Waals surface area contributed by atoms with Gasteiger partial charge in [-0.25, -0.2) is 0 Å². The zero-order valence-corrected chi connectivity index (χ0v) is 10.3. The van der Waals surface area contributed by atoms with Gasteiger partial charge in [-0.3, -0.25) is 4.79 Å². The molecule has 1 saturated heterocycles. The summed E-state index contributed by atoms with van der Waals surface area (Å²) in [5, 5.41) is 0. The fourth-order valence-electron chi connectivity index (χ4n) is 2.31. The van der Waals surface area contributed by atoms with Gasteiger partial charge in [-0.2, -0.15) is 0 Å². The highest BCUT2D eigenvalue weighted by atomic mass is 16.1. The molecule has 0 aromatic heterocycles. The van der Waals surface area contributed by atoms with E-state index in [1.807, 2.05) is 13.8 Å². The summed E-state index contributed by atoms with van der Waals surface area (Å²) in [6.45, 7) is 7.10. The molecule has 1 aromatic carbocycles. The van der Waals surface area contributed by atoms with Crippen molar-refractivity contribution in [2.75, 3.05) is 11.4 Å². The summed E-state index contributed by atoms with van der Waals surface area (Å²) in [7, 11) is 0. The molecule has 1 aromatic rings. The van der Waals surface area contributed by atoms with E-state index in [2.05, 4.69) is 36.1 Å². The maximum atomic E-state index is 11.9. The van der Waals surface area contributed by atoms with Crippen LogP contribution < -0.4 is 4.90 Å². The van der Waals surface area contributed by atoms with E-state index in [9.17, 15) is 4.79 Å². The highest BCUT2D eigenvalue weighted by Gasteiger charge is 2.37. The fourth-order valence-corrected chi connectivity index (χ4v) is 2.31. The Balaban J connectivity index is 2.32. The molecule has 1 heterocycles. The lowest BCUT2D eigenvalue weighted by Crippen LogP contribution is -2.54. The van der Waals surface area contributed by atoms with Gasteiger partial charge in [0.2, 0.25) is 0 Å². The van der Waals surface area contributed by atoms with Crippen LogP contribution >= 0.6 is 0 Å². The van der Waals surface area contributed by atoms with Crippen molar-refractivity contribution in [3.63, 3.8) is 0 Å². The number of hydrogen-bond acceptors (Lipinski definition) is 2. The van der Waals surface area contributed by atoms with E-state index in [1.54, 1.807) is 0 Å². The van der Waals surface area contributed by atoms with Crippen molar-refractivity contribution in [1.82, 2.24) is 0 Å². The molecule has 1 aliphatic heterocycles. The molecule has 0 N–H and O–H groups in total. The summed E-state index contributed by atoms with van der Waals surface area (Å²) >= 11 is 0. The first-order valence-corrected chi connectivity index (χ1v) is 5.89. The van der Waals surface area contributed by atoms with Crippen molar-refractivity contribution >= 4 is 11.5 Å². The molecular formula is C14H19NO. The number of aryl methyl sites for hydroxylation is 1. The number of benzene rings is 1. The molecule has 0 saturated carbocycles. The first-order valence-electron chi connectivity index (χ1n) is 5.89. The third-order valence-electron chi connectivity index (χ3n) is 3.49. The minimum absolute atomic E-state index is 0.347. The van der Waals surface area contributed by atoms with Crippen LogP contribution in [0.25, 0.3) is 0 Å². The molecule has 0 bridgehead atoms. The smallest absolute Gasteiger partial charge is 0.157 e. The molecule has 0 atom stereocenters. The minimum atomic E-state index is -0.354. The Morgan fingerprint density at radius 2 is 1.81 bits per heavy atom. The monoisotopic (exact) mass is 217 g/mol. The number of carbonyl (C=O) groups is 1. The Kier molecular flexibility index (Phi) is 2.75. The molecule has 0 amide bonds. The molecule has 16 heavy (non-hydrogen) atoms. The van der Waals surface area contributed by atoms with E-state index in [0.717, 1.165) is 25.1 Å². The van der Waals surface area contributed by atoms with Crippen molar-refractivity contribution < 1.29 is 4.79 Å². The molecule has 1 aliphatic rings. The van der Waals surface area contributed by atoms with Gasteiger partial charge in [0.25, 0.3) is 0 Å². The molecule has 2 heteroatoms. The maximum absolute atomic E-state index is 11.9. The number of piperidine rings is 1. The molecule has 2 nitrogen and oxygen atoms in total. The van der Waals surface area contributed by atoms with Crippen molar-refractivity contribution in [2.45, 2.75) is 39.2 Å². The van der Waals surface area contributed by atoms with Crippen LogP contribution in [0.15, 0.2) is 24.3 Å². The lowest BCUT2D eigenvalue weighted by Gasteiger charge is -2.42. The van der Waals surface area contributed by atoms with E-state index < -0.39 is 0 Å². The number of anilines is 1. The lowest BCUT2D eigenvalue weighted by molar-refractivity contribution is -0.124. The van der Waals surface area contributed by atoms with Crippen LogP contribution in [0, 0.1) is 6.92 Å². The quantitative estimate of drug-likeness (QED) is 0.721. The fraction of sp³-hybridized carbons (Fsp3) is 0.500. The summed E-state index contributed by atoms with van der Waals surface area (Å²) < 4.78 is 0. The van der Waals surface area contributed by atoms with Gasteiger partial charge >= 0.3 is 0 Å². The Hall–Kier alpha value is -1.31. The highest BCUT2D eigenvalue weighted by Crippen LogP contribution is 2.30. The Morgan fingerprint density at radius 1 is 1.19 bits per heavy atom. The third kappa shape index (κ3) is 1.84. The number of Topliss-reactive ketones (excluding diaryl/α,β-unsaturated/α-hetero) is 1. The van der Waals surface area contributed by atoms with E-state index in [1.165, 1.54) is 5.56 Å². The lowest BCUT2D eigenvalue weighted by atomic mass is 9.88. The Morgan fingerprint density at radius 3 is 2.44 bits per heavy atom. The number of rotatable bonds is 1. The topological polar surface area (TPSA) is 20.3 Å². The molecule has 2 rings (SSSR count). The van der Waals surface area contributed by atoms with Crippen LogP contribution in [-0.4, -0.2) is 17.9 Å². The predicted molar refractivity (Wildman–Crippen MR) is 66.8 cm³/mol. The first kappa shape index (κ1) is 11.2. The van der Waals surface area contributed by atoms with Crippen molar-refractivity contribution in [2.24, 2.45) is 0 Å². The largest absolute Gasteiger partial charge is 0.359 e. The highest BCUT2D eigenvalue weighted by molar-refractivity contribution is 5.92. The zero-order valence-electron chi connectivity index (χ0n) is 10.3. The third-order valence-corrected chi connectivity index (χ3v) is 3.49. The van der Waals surface area contributed by atoms with Crippen LogP contribution in [-0.2, 0) is 4.79 Å². The average molecular weight is 217 g/mol. The number of hydrogen-bond donors (Lipinski definition) is 0. The van der Waals surface area contributed by atoms with Gasteiger partial charge in [0.05, 0.1) is 5.54 Å². The van der Waals surface area contributed by atoms with E-state index in [0.29, 0.717) is 5.78 Å². The van der Waals surface area contributed by atoms with Crippen molar-refractivity contribution in [3.8, 4) is 0 Å². The molecule has 0 unspecified atom stereocenters. The number of ketones is 1. The van der Waals surface area contributed by atoms with Gasteiger partial charge in [0.15, 0.2) is 5.78 Å². The van der Waals surface area contributed by atoms with E-state index >= 15 is 0 Å². The summed E-state index contributed by atoms with van der Waals surface area (Å²) in [4.78, 5) is 14.1. The second-order valence-electron chi connectivity index (χ2n) is 5.07. The van der Waals surface area contributed by atoms with Gasteiger partial charge in [-0.05, 0) is 39.3 Å². The van der Waals surface area contributed by atoms with Gasteiger partial charge in [0.1, 0.15) is 0 Å². The summed E-state index contributed by atoms with van der Waals surface area (Å²) in [5.41, 5.74) is 2.06. The zero-order chi connectivity index (χ0) is 11.8. The van der Waals surface area contributed by atoms with Gasteiger partial charge in [-0.15, -0.1) is 0 Å². The van der Waals surface area contributed by atoms with Crippen molar-refractivity contribution in [3.05, 3.63) is 29.8 Å².